The highest BCUT2D eigenvalue weighted by Crippen LogP contribution is 2.32. The van der Waals surface area contributed by atoms with Crippen molar-refractivity contribution in [1.82, 2.24) is 0 Å². The van der Waals surface area contributed by atoms with Gasteiger partial charge in [0.05, 0.1) is 10.7 Å². The van der Waals surface area contributed by atoms with E-state index in [0.29, 0.717) is 0 Å². The predicted octanol–water partition coefficient (Wildman–Crippen LogP) is 5.39. The molecule has 0 spiro atoms. The lowest BCUT2D eigenvalue weighted by atomic mass is 10.0. The van der Waals surface area contributed by atoms with Crippen molar-refractivity contribution in [3.05, 3.63) is 69.8 Å². The summed E-state index contributed by atoms with van der Waals surface area (Å²) in [6, 6.07) is 16.1. The van der Waals surface area contributed by atoms with Gasteiger partial charge in [-0.3, -0.25) is 0 Å². The highest BCUT2D eigenvalue weighted by molar-refractivity contribution is 14.1. The number of hydrogen-bond donors (Lipinski definition) is 0. The van der Waals surface area contributed by atoms with Crippen LogP contribution in [0.4, 0.5) is 0 Å². The molecule has 0 heterocycles. The number of hydrogen-bond acceptors (Lipinski definition) is 2. The summed E-state index contributed by atoms with van der Waals surface area (Å²) in [5.41, 5.74) is 2.25. The Kier molecular flexibility index (Phi) is 5.67. The van der Waals surface area contributed by atoms with Gasteiger partial charge in [-0.15, -0.1) is 0 Å². The van der Waals surface area contributed by atoms with Crippen LogP contribution in [0.5, 0.6) is 11.5 Å². The first-order valence-electron chi connectivity index (χ1n) is 6.79. The van der Waals surface area contributed by atoms with Crippen molar-refractivity contribution in [2.75, 3.05) is 7.11 Å². The van der Waals surface area contributed by atoms with E-state index in [0.717, 1.165) is 32.6 Å². The van der Waals surface area contributed by atoms with Crippen LogP contribution in [0, 0.1) is 3.57 Å². The molecular weight excluding hydrogens is 375 g/mol. The Bertz CT molecular complexity index is 608. The molecule has 0 saturated carbocycles. The summed E-state index contributed by atoms with van der Waals surface area (Å²) in [5.74, 6) is 1.64. The Morgan fingerprint density at radius 3 is 2.52 bits per heavy atom. The van der Waals surface area contributed by atoms with Gasteiger partial charge in [-0.25, -0.2) is 0 Å². The number of ether oxygens (including phenoxy) is 2. The molecule has 0 aliphatic carbocycles. The predicted molar refractivity (Wildman–Crippen MR) is 95.0 cm³/mol. The fraction of sp³-hybridized carbons (Fsp3) is 0.222. The third-order valence-electron chi connectivity index (χ3n) is 3.11. The van der Waals surface area contributed by atoms with Crippen LogP contribution in [0.25, 0.3) is 0 Å². The maximum absolute atomic E-state index is 6.24. The molecule has 2 nitrogen and oxygen atoms in total. The first-order chi connectivity index (χ1) is 10.1. The van der Waals surface area contributed by atoms with Gasteiger partial charge in [0, 0.05) is 12.5 Å². The van der Waals surface area contributed by atoms with Gasteiger partial charge < -0.3 is 9.47 Å². The first kappa shape index (κ1) is 15.9. The lowest BCUT2D eigenvalue weighted by molar-refractivity contribution is 0.203. The molecule has 1 atom stereocenters. The Morgan fingerprint density at radius 1 is 1.19 bits per heavy atom. The Hall–Kier alpha value is -1.49. The van der Waals surface area contributed by atoms with Crippen molar-refractivity contribution in [3.8, 4) is 11.5 Å². The van der Waals surface area contributed by atoms with Gasteiger partial charge in [0.1, 0.15) is 17.6 Å². The molecule has 0 aromatic heterocycles. The van der Waals surface area contributed by atoms with E-state index in [9.17, 15) is 0 Å². The van der Waals surface area contributed by atoms with Crippen molar-refractivity contribution in [2.24, 2.45) is 0 Å². The molecule has 1 unspecified atom stereocenters. The molecule has 0 radical (unpaired) electrons. The quantitative estimate of drug-likeness (QED) is 0.484. The van der Waals surface area contributed by atoms with E-state index in [1.54, 1.807) is 7.11 Å². The zero-order chi connectivity index (χ0) is 15.2. The fourth-order valence-electron chi connectivity index (χ4n) is 2.07. The normalized spacial score (nSPS) is 11.8. The summed E-state index contributed by atoms with van der Waals surface area (Å²) >= 11 is 2.28. The summed E-state index contributed by atoms with van der Waals surface area (Å²) in [6.45, 7) is 6.04. The maximum Gasteiger partial charge on any atom is 0.137 e. The van der Waals surface area contributed by atoms with Crippen molar-refractivity contribution in [1.29, 1.82) is 0 Å². The Labute approximate surface area is 139 Å². The number of halogens is 1. The van der Waals surface area contributed by atoms with Crippen molar-refractivity contribution in [3.63, 3.8) is 0 Å². The number of rotatable bonds is 6. The van der Waals surface area contributed by atoms with Gasteiger partial charge in [-0.2, -0.15) is 0 Å². The molecule has 2 rings (SSSR count). The van der Waals surface area contributed by atoms with Crippen molar-refractivity contribution < 1.29 is 9.47 Å². The molecule has 0 N–H and O–H groups in total. The van der Waals surface area contributed by atoms with Crippen LogP contribution < -0.4 is 9.47 Å². The molecule has 110 valence electrons. The van der Waals surface area contributed by atoms with Crippen LogP contribution >= 0.6 is 22.6 Å². The molecule has 0 amide bonds. The van der Waals surface area contributed by atoms with Gasteiger partial charge in [-0.05, 0) is 47.2 Å². The van der Waals surface area contributed by atoms with Crippen LogP contribution in [0.1, 0.15) is 25.0 Å². The van der Waals surface area contributed by atoms with E-state index in [1.807, 2.05) is 43.3 Å². The molecule has 0 aliphatic rings. The van der Waals surface area contributed by atoms with Crippen LogP contribution in [0.3, 0.4) is 0 Å². The molecule has 21 heavy (non-hydrogen) atoms. The zero-order valence-electron chi connectivity index (χ0n) is 12.3. The average molecular weight is 394 g/mol. The van der Waals surface area contributed by atoms with Gasteiger partial charge in [0.25, 0.3) is 0 Å². The lowest BCUT2D eigenvalue weighted by Gasteiger charge is -2.21. The zero-order valence-corrected chi connectivity index (χ0v) is 14.5. The van der Waals surface area contributed by atoms with Gasteiger partial charge >= 0.3 is 0 Å². The van der Waals surface area contributed by atoms with Crippen molar-refractivity contribution >= 4 is 22.6 Å². The van der Waals surface area contributed by atoms with E-state index in [-0.39, 0.29) is 6.10 Å². The van der Waals surface area contributed by atoms with E-state index >= 15 is 0 Å². The topological polar surface area (TPSA) is 18.5 Å². The van der Waals surface area contributed by atoms with E-state index in [2.05, 4.69) is 41.3 Å². The van der Waals surface area contributed by atoms with Crippen LogP contribution in [0.2, 0.25) is 0 Å². The van der Waals surface area contributed by atoms with Crippen LogP contribution in [-0.4, -0.2) is 7.11 Å². The summed E-state index contributed by atoms with van der Waals surface area (Å²) in [4.78, 5) is 0. The molecule has 0 fully saturated rings. The van der Waals surface area contributed by atoms with E-state index in [4.69, 9.17) is 9.47 Å². The summed E-state index contributed by atoms with van der Waals surface area (Å²) in [7, 11) is 1.66. The maximum atomic E-state index is 6.24. The largest absolute Gasteiger partial charge is 0.497 e. The molecule has 2 aromatic carbocycles. The monoisotopic (exact) mass is 394 g/mol. The highest BCUT2D eigenvalue weighted by Gasteiger charge is 2.15. The summed E-state index contributed by atoms with van der Waals surface area (Å²) in [5, 5.41) is 0. The molecular formula is C18H19IO2. The second kappa shape index (κ2) is 7.50. The van der Waals surface area contributed by atoms with E-state index < -0.39 is 0 Å². The Balaban J connectivity index is 2.29. The first-order valence-corrected chi connectivity index (χ1v) is 7.87. The summed E-state index contributed by atoms with van der Waals surface area (Å²) in [6.07, 6.45) is 0.751. The molecule has 0 aliphatic heterocycles. The fourth-order valence-corrected chi connectivity index (χ4v) is 2.53. The van der Waals surface area contributed by atoms with Crippen LogP contribution in [0.15, 0.2) is 60.7 Å². The Morgan fingerprint density at radius 2 is 1.90 bits per heavy atom. The minimum atomic E-state index is -0.0377. The van der Waals surface area contributed by atoms with Gasteiger partial charge in [-0.1, -0.05) is 42.5 Å². The minimum absolute atomic E-state index is 0.0377. The smallest absolute Gasteiger partial charge is 0.137 e. The second-order valence-corrected chi connectivity index (χ2v) is 6.14. The molecule has 2 aromatic rings. The van der Waals surface area contributed by atoms with Crippen LogP contribution in [-0.2, 0) is 0 Å². The van der Waals surface area contributed by atoms with Crippen molar-refractivity contribution in [2.45, 2.75) is 19.4 Å². The minimum Gasteiger partial charge on any atom is -0.497 e. The number of benzene rings is 2. The highest BCUT2D eigenvalue weighted by atomic mass is 127. The summed E-state index contributed by atoms with van der Waals surface area (Å²) < 4.78 is 12.6. The van der Waals surface area contributed by atoms with E-state index in [1.165, 1.54) is 0 Å². The molecule has 0 saturated heterocycles. The standard InChI is InChI=1S/C18H19IO2/c1-13(2)11-17(14-7-5-4-6-8-14)21-18-12-15(20-3)9-10-16(18)19/h4-10,12,17H,1,11H2,2-3H3. The third-order valence-corrected chi connectivity index (χ3v) is 4.00. The average Bonchev–Trinajstić information content (AvgIpc) is 2.49. The molecule has 0 bridgehead atoms. The van der Waals surface area contributed by atoms with Gasteiger partial charge in [0.2, 0.25) is 0 Å². The lowest BCUT2D eigenvalue weighted by Crippen LogP contribution is -2.09. The third kappa shape index (κ3) is 4.49. The molecule has 3 heteroatoms. The SMILES string of the molecule is C=C(C)CC(Oc1cc(OC)ccc1I)c1ccccc1. The number of methoxy groups -OCH3 is 1. The second-order valence-electron chi connectivity index (χ2n) is 4.97. The van der Waals surface area contributed by atoms with Gasteiger partial charge in [0.15, 0.2) is 0 Å².